The molecular formula is C13H17N7S. The van der Waals surface area contributed by atoms with Gasteiger partial charge in [-0.2, -0.15) is 0 Å². The summed E-state index contributed by atoms with van der Waals surface area (Å²) in [4.78, 5) is 4.47. The van der Waals surface area contributed by atoms with Crippen LogP contribution >= 0.6 is 11.8 Å². The van der Waals surface area contributed by atoms with Crippen LogP contribution in [0.4, 0.5) is 0 Å². The van der Waals surface area contributed by atoms with E-state index in [1.54, 1.807) is 0 Å². The SMILES string of the molecule is Cc1ccc(C(=N)N)c(Sc2nnnn2C2CCCC2)n1. The summed E-state index contributed by atoms with van der Waals surface area (Å²) >= 11 is 1.37. The van der Waals surface area contributed by atoms with Gasteiger partial charge >= 0.3 is 0 Å². The van der Waals surface area contributed by atoms with Crippen LogP contribution < -0.4 is 5.73 Å². The minimum atomic E-state index is 0.00453. The monoisotopic (exact) mass is 303 g/mol. The van der Waals surface area contributed by atoms with E-state index >= 15 is 0 Å². The summed E-state index contributed by atoms with van der Waals surface area (Å²) in [5, 5.41) is 21.1. The van der Waals surface area contributed by atoms with Crippen molar-refractivity contribution < 1.29 is 0 Å². The lowest BCUT2D eigenvalue weighted by molar-refractivity contribution is 0.423. The van der Waals surface area contributed by atoms with Crippen LogP contribution in [0.15, 0.2) is 22.3 Å². The van der Waals surface area contributed by atoms with Gasteiger partial charge in [0.15, 0.2) is 0 Å². The Morgan fingerprint density at radius 3 is 2.86 bits per heavy atom. The Labute approximate surface area is 126 Å². The quantitative estimate of drug-likeness (QED) is 0.660. The number of nitrogens with two attached hydrogens (primary N) is 1. The lowest BCUT2D eigenvalue weighted by Crippen LogP contribution is -2.14. The predicted octanol–water partition coefficient (Wildman–Crippen LogP) is 1.93. The molecule has 21 heavy (non-hydrogen) atoms. The number of aryl methyl sites for hydroxylation is 1. The summed E-state index contributed by atoms with van der Waals surface area (Å²) in [5.41, 5.74) is 7.12. The molecule has 8 heteroatoms. The number of hydrogen-bond acceptors (Lipinski definition) is 6. The molecule has 0 radical (unpaired) electrons. The highest BCUT2D eigenvalue weighted by atomic mass is 32.2. The minimum Gasteiger partial charge on any atom is -0.384 e. The molecule has 0 spiro atoms. The van der Waals surface area contributed by atoms with Gasteiger partial charge in [-0.3, -0.25) is 5.41 Å². The standard InChI is InChI=1S/C13H17N7S/c1-8-6-7-10(11(14)15)12(16-8)21-13-17-18-19-20(13)9-4-2-3-5-9/h6-7,9H,2-5H2,1H3,(H3,14,15). The highest BCUT2D eigenvalue weighted by Gasteiger charge is 2.23. The van der Waals surface area contributed by atoms with Crippen LogP contribution in [0.3, 0.4) is 0 Å². The van der Waals surface area contributed by atoms with Gasteiger partial charge in [0.1, 0.15) is 10.9 Å². The number of tetrazole rings is 1. The number of rotatable bonds is 4. The van der Waals surface area contributed by atoms with E-state index in [-0.39, 0.29) is 5.84 Å². The van der Waals surface area contributed by atoms with Crippen molar-refractivity contribution in [2.75, 3.05) is 0 Å². The highest BCUT2D eigenvalue weighted by molar-refractivity contribution is 7.99. The Morgan fingerprint density at radius 1 is 1.38 bits per heavy atom. The molecule has 3 N–H and O–H groups in total. The second kappa shape index (κ2) is 5.80. The molecule has 1 aliphatic rings. The second-order valence-electron chi connectivity index (χ2n) is 5.17. The fraction of sp³-hybridized carbons (Fsp3) is 0.462. The fourth-order valence-electron chi connectivity index (χ4n) is 2.53. The van der Waals surface area contributed by atoms with Crippen LogP contribution in [0.5, 0.6) is 0 Å². The highest BCUT2D eigenvalue weighted by Crippen LogP contribution is 2.34. The third-order valence-electron chi connectivity index (χ3n) is 3.61. The van der Waals surface area contributed by atoms with Gasteiger partial charge in [-0.1, -0.05) is 12.8 Å². The fourth-order valence-corrected chi connectivity index (χ4v) is 3.54. The predicted molar refractivity (Wildman–Crippen MR) is 79.4 cm³/mol. The van der Waals surface area contributed by atoms with E-state index in [2.05, 4.69) is 20.5 Å². The molecule has 0 atom stereocenters. The van der Waals surface area contributed by atoms with Crippen molar-refractivity contribution in [3.05, 3.63) is 23.4 Å². The van der Waals surface area contributed by atoms with Crippen LogP contribution in [-0.2, 0) is 0 Å². The molecule has 0 aliphatic heterocycles. The number of aromatic nitrogens is 5. The first-order valence-electron chi connectivity index (χ1n) is 6.93. The van der Waals surface area contributed by atoms with Gasteiger partial charge in [0.25, 0.3) is 0 Å². The number of pyridine rings is 1. The van der Waals surface area contributed by atoms with Crippen LogP contribution in [0, 0.1) is 12.3 Å². The van der Waals surface area contributed by atoms with Crippen molar-refractivity contribution >= 4 is 17.6 Å². The Kier molecular flexibility index (Phi) is 3.87. The van der Waals surface area contributed by atoms with Crippen LogP contribution in [0.2, 0.25) is 0 Å². The van der Waals surface area contributed by atoms with Gasteiger partial charge in [-0.15, -0.1) is 5.10 Å². The van der Waals surface area contributed by atoms with Gasteiger partial charge < -0.3 is 5.73 Å². The second-order valence-corrected chi connectivity index (χ2v) is 6.12. The molecule has 1 fully saturated rings. The molecule has 0 saturated heterocycles. The van der Waals surface area contributed by atoms with Crippen molar-refractivity contribution in [2.24, 2.45) is 5.73 Å². The third kappa shape index (κ3) is 2.90. The molecule has 0 bridgehead atoms. The lowest BCUT2D eigenvalue weighted by Gasteiger charge is -2.12. The molecular weight excluding hydrogens is 286 g/mol. The lowest BCUT2D eigenvalue weighted by atomic mass is 10.2. The van der Waals surface area contributed by atoms with Crippen molar-refractivity contribution in [3.63, 3.8) is 0 Å². The van der Waals surface area contributed by atoms with Gasteiger partial charge in [0, 0.05) is 11.3 Å². The molecule has 0 unspecified atom stereocenters. The average molecular weight is 303 g/mol. The number of nitrogens with zero attached hydrogens (tertiary/aromatic N) is 5. The topological polar surface area (TPSA) is 106 Å². The molecule has 110 valence electrons. The Morgan fingerprint density at radius 2 is 2.14 bits per heavy atom. The minimum absolute atomic E-state index is 0.00453. The Bertz CT molecular complexity index is 660. The van der Waals surface area contributed by atoms with Crippen molar-refractivity contribution in [2.45, 2.75) is 48.8 Å². The summed E-state index contributed by atoms with van der Waals surface area (Å²) in [7, 11) is 0. The van der Waals surface area contributed by atoms with E-state index in [4.69, 9.17) is 11.1 Å². The zero-order valence-corrected chi connectivity index (χ0v) is 12.6. The third-order valence-corrected chi connectivity index (χ3v) is 4.57. The van der Waals surface area contributed by atoms with Gasteiger partial charge in [0.2, 0.25) is 5.16 Å². The first kappa shape index (κ1) is 14.0. The normalized spacial score (nSPS) is 15.5. The maximum Gasteiger partial charge on any atom is 0.215 e. The van der Waals surface area contributed by atoms with Gasteiger partial charge in [-0.25, -0.2) is 9.67 Å². The maximum absolute atomic E-state index is 7.66. The zero-order valence-electron chi connectivity index (χ0n) is 11.8. The Balaban J connectivity index is 1.92. The molecule has 7 nitrogen and oxygen atoms in total. The smallest absolute Gasteiger partial charge is 0.215 e. The van der Waals surface area contributed by atoms with E-state index in [9.17, 15) is 0 Å². The first-order valence-corrected chi connectivity index (χ1v) is 7.74. The number of nitrogens with one attached hydrogen (secondary N) is 1. The average Bonchev–Trinajstić information content (AvgIpc) is 3.08. The van der Waals surface area contributed by atoms with E-state index in [1.807, 2.05) is 23.7 Å². The van der Waals surface area contributed by atoms with Gasteiger partial charge in [-0.05, 0) is 54.1 Å². The molecule has 2 heterocycles. The van der Waals surface area contributed by atoms with E-state index < -0.39 is 0 Å². The first-order chi connectivity index (χ1) is 10.1. The largest absolute Gasteiger partial charge is 0.384 e. The van der Waals surface area contributed by atoms with Crippen molar-refractivity contribution in [3.8, 4) is 0 Å². The van der Waals surface area contributed by atoms with Crippen LogP contribution in [0.1, 0.15) is 43.0 Å². The summed E-state index contributed by atoms with van der Waals surface area (Å²) in [6, 6.07) is 4.03. The molecule has 2 aromatic rings. The molecule has 1 saturated carbocycles. The van der Waals surface area contributed by atoms with E-state index in [0.29, 0.717) is 21.8 Å². The van der Waals surface area contributed by atoms with Crippen LogP contribution in [-0.4, -0.2) is 31.0 Å². The van der Waals surface area contributed by atoms with Crippen LogP contribution in [0.25, 0.3) is 0 Å². The zero-order chi connectivity index (χ0) is 14.8. The number of hydrogen-bond donors (Lipinski definition) is 2. The van der Waals surface area contributed by atoms with E-state index in [1.165, 1.54) is 24.6 Å². The molecule has 0 amide bonds. The summed E-state index contributed by atoms with van der Waals surface area (Å²) < 4.78 is 1.88. The maximum atomic E-state index is 7.66. The molecule has 2 aromatic heterocycles. The molecule has 3 rings (SSSR count). The Hall–Kier alpha value is -1.96. The molecule has 1 aliphatic carbocycles. The van der Waals surface area contributed by atoms with E-state index in [0.717, 1.165) is 18.5 Å². The van der Waals surface area contributed by atoms with Crippen molar-refractivity contribution in [1.29, 1.82) is 5.41 Å². The molecule has 0 aromatic carbocycles. The number of amidine groups is 1. The summed E-state index contributed by atoms with van der Waals surface area (Å²) in [6.07, 6.45) is 4.66. The van der Waals surface area contributed by atoms with Crippen molar-refractivity contribution in [1.82, 2.24) is 25.2 Å². The number of nitrogen functional groups attached to an aromatic ring is 1. The summed E-state index contributed by atoms with van der Waals surface area (Å²) in [5.74, 6) is 0.00453. The van der Waals surface area contributed by atoms with Gasteiger partial charge in [0.05, 0.1) is 6.04 Å². The summed E-state index contributed by atoms with van der Waals surface area (Å²) in [6.45, 7) is 1.91.